The number of anilines is 1. The van der Waals surface area contributed by atoms with E-state index in [1.54, 1.807) is 0 Å². The second-order valence-corrected chi connectivity index (χ2v) is 4.25. The van der Waals surface area contributed by atoms with Crippen molar-refractivity contribution in [1.29, 1.82) is 0 Å². The van der Waals surface area contributed by atoms with Crippen LogP contribution in [0.5, 0.6) is 0 Å². The van der Waals surface area contributed by atoms with E-state index < -0.39 is 0 Å². The van der Waals surface area contributed by atoms with Gasteiger partial charge in [0.05, 0.1) is 6.04 Å². The molecule has 0 saturated carbocycles. The molecule has 2 N–H and O–H groups in total. The average Bonchev–Trinajstić information content (AvgIpc) is 2.35. The van der Waals surface area contributed by atoms with Crippen molar-refractivity contribution in [2.75, 3.05) is 11.9 Å². The van der Waals surface area contributed by atoms with Gasteiger partial charge in [-0.05, 0) is 30.9 Å². The van der Waals surface area contributed by atoms with Crippen LogP contribution in [0, 0.1) is 12.3 Å². The van der Waals surface area contributed by atoms with Gasteiger partial charge in [-0.15, -0.1) is 6.42 Å². The van der Waals surface area contributed by atoms with Crippen molar-refractivity contribution in [1.82, 2.24) is 5.32 Å². The lowest BCUT2D eigenvalue weighted by molar-refractivity contribution is 0.647. The number of benzene rings is 1. The molecule has 0 aromatic heterocycles. The maximum absolute atomic E-state index is 5.35. The van der Waals surface area contributed by atoms with Crippen LogP contribution in [0.25, 0.3) is 0 Å². The molecule has 2 rings (SSSR count). The maximum atomic E-state index is 5.35. The molecule has 0 radical (unpaired) electrons. The van der Waals surface area contributed by atoms with Gasteiger partial charge in [-0.2, -0.15) is 0 Å². The third kappa shape index (κ3) is 2.37. The van der Waals surface area contributed by atoms with Crippen molar-refractivity contribution in [2.24, 2.45) is 0 Å². The molecular weight excluding hydrogens is 196 g/mol. The van der Waals surface area contributed by atoms with Crippen molar-refractivity contribution >= 4 is 5.69 Å². The molecule has 1 atom stereocenters. The molecule has 1 aliphatic rings. The average molecular weight is 214 g/mol. The lowest BCUT2D eigenvalue weighted by Crippen LogP contribution is -2.25. The number of aryl methyl sites for hydroxylation is 1. The normalized spacial score (nSPS) is 15.8. The second kappa shape index (κ2) is 5.05. The Kier molecular flexibility index (Phi) is 3.48. The van der Waals surface area contributed by atoms with Crippen molar-refractivity contribution in [2.45, 2.75) is 32.4 Å². The zero-order chi connectivity index (χ0) is 11.4. The van der Waals surface area contributed by atoms with Gasteiger partial charge in [0.2, 0.25) is 0 Å². The predicted octanol–water partition coefficient (Wildman–Crippen LogP) is 2.16. The minimum atomic E-state index is 0.124. The Morgan fingerprint density at radius 3 is 3.25 bits per heavy atom. The highest BCUT2D eigenvalue weighted by Crippen LogP contribution is 2.25. The van der Waals surface area contributed by atoms with Gasteiger partial charge in [-0.3, -0.25) is 5.32 Å². The van der Waals surface area contributed by atoms with Crippen LogP contribution in [0.1, 0.15) is 24.5 Å². The van der Waals surface area contributed by atoms with E-state index in [1.807, 2.05) is 6.92 Å². The summed E-state index contributed by atoms with van der Waals surface area (Å²) in [5, 5.41) is 6.80. The van der Waals surface area contributed by atoms with Crippen LogP contribution in [-0.4, -0.2) is 12.6 Å². The molecule has 0 spiro atoms. The summed E-state index contributed by atoms with van der Waals surface area (Å²) in [6.07, 6.45) is 7.75. The van der Waals surface area contributed by atoms with Gasteiger partial charge in [0.25, 0.3) is 0 Å². The largest absolute Gasteiger partial charge is 0.385 e. The number of rotatable bonds is 3. The molecule has 1 aliphatic heterocycles. The zero-order valence-electron chi connectivity index (χ0n) is 9.72. The van der Waals surface area contributed by atoms with Crippen LogP contribution in [0.3, 0.4) is 0 Å². The smallest absolute Gasteiger partial charge is 0.0660 e. The summed E-state index contributed by atoms with van der Waals surface area (Å²) in [5.41, 5.74) is 4.06. The highest BCUT2D eigenvalue weighted by atomic mass is 14.9. The van der Waals surface area contributed by atoms with E-state index in [4.69, 9.17) is 6.42 Å². The van der Waals surface area contributed by atoms with Crippen LogP contribution < -0.4 is 10.6 Å². The summed E-state index contributed by atoms with van der Waals surface area (Å²) in [6, 6.07) is 6.62. The van der Waals surface area contributed by atoms with E-state index in [9.17, 15) is 0 Å². The van der Waals surface area contributed by atoms with Crippen LogP contribution in [0.15, 0.2) is 18.2 Å². The second-order valence-electron chi connectivity index (χ2n) is 4.25. The molecule has 0 amide bonds. The van der Waals surface area contributed by atoms with E-state index in [-0.39, 0.29) is 6.04 Å². The Bertz CT molecular complexity index is 404. The molecule has 1 unspecified atom stereocenters. The summed E-state index contributed by atoms with van der Waals surface area (Å²) in [7, 11) is 0. The Balaban J connectivity index is 2.12. The zero-order valence-corrected chi connectivity index (χ0v) is 9.72. The first-order valence-corrected chi connectivity index (χ1v) is 5.85. The van der Waals surface area contributed by atoms with Gasteiger partial charge in [-0.25, -0.2) is 0 Å². The summed E-state index contributed by atoms with van der Waals surface area (Å²) in [4.78, 5) is 0. The van der Waals surface area contributed by atoms with E-state index >= 15 is 0 Å². The summed E-state index contributed by atoms with van der Waals surface area (Å²) in [5.74, 6) is 2.68. The van der Waals surface area contributed by atoms with Gasteiger partial charge in [0.1, 0.15) is 0 Å². The highest BCUT2D eigenvalue weighted by Gasteiger charge is 2.11. The Labute approximate surface area is 97.4 Å². The van der Waals surface area contributed by atoms with Crippen molar-refractivity contribution in [3.63, 3.8) is 0 Å². The van der Waals surface area contributed by atoms with Crippen molar-refractivity contribution < 1.29 is 0 Å². The summed E-state index contributed by atoms with van der Waals surface area (Å²) in [6.45, 7) is 3.92. The SMILES string of the molecule is C#CC(C)NCc1cccc2c1NCCC2. The molecule has 0 fully saturated rings. The van der Waals surface area contributed by atoms with Gasteiger partial charge < -0.3 is 5.32 Å². The molecule has 1 aromatic rings. The summed E-state index contributed by atoms with van der Waals surface area (Å²) >= 11 is 0. The fourth-order valence-electron chi connectivity index (χ4n) is 2.05. The van der Waals surface area contributed by atoms with E-state index in [0.717, 1.165) is 13.1 Å². The van der Waals surface area contributed by atoms with E-state index in [0.29, 0.717) is 0 Å². The van der Waals surface area contributed by atoms with Crippen molar-refractivity contribution in [3.8, 4) is 12.3 Å². The molecule has 2 heteroatoms. The Morgan fingerprint density at radius 1 is 1.56 bits per heavy atom. The van der Waals surface area contributed by atoms with Gasteiger partial charge in [-0.1, -0.05) is 24.1 Å². The van der Waals surface area contributed by atoms with Crippen molar-refractivity contribution in [3.05, 3.63) is 29.3 Å². The summed E-state index contributed by atoms with van der Waals surface area (Å²) < 4.78 is 0. The Morgan fingerprint density at radius 2 is 2.44 bits per heavy atom. The maximum Gasteiger partial charge on any atom is 0.0660 e. The topological polar surface area (TPSA) is 24.1 Å². The van der Waals surface area contributed by atoms with Crippen LogP contribution >= 0.6 is 0 Å². The standard InChI is InChI=1S/C14H18N2/c1-3-11(2)16-10-13-7-4-6-12-8-5-9-15-14(12)13/h1,4,6-7,11,15-16H,5,8-10H2,2H3. The molecule has 1 aromatic carbocycles. The first-order valence-electron chi connectivity index (χ1n) is 5.85. The molecule has 0 saturated heterocycles. The third-order valence-electron chi connectivity index (χ3n) is 3.01. The molecule has 84 valence electrons. The molecule has 0 aliphatic carbocycles. The fourth-order valence-corrected chi connectivity index (χ4v) is 2.05. The minimum absolute atomic E-state index is 0.124. The van der Waals surface area contributed by atoms with Gasteiger partial charge >= 0.3 is 0 Å². The quantitative estimate of drug-likeness (QED) is 0.753. The molecule has 16 heavy (non-hydrogen) atoms. The minimum Gasteiger partial charge on any atom is -0.385 e. The first kappa shape index (κ1) is 11.0. The highest BCUT2D eigenvalue weighted by molar-refractivity contribution is 5.59. The lowest BCUT2D eigenvalue weighted by atomic mass is 9.99. The van der Waals surface area contributed by atoms with Crippen LogP contribution in [0.4, 0.5) is 5.69 Å². The van der Waals surface area contributed by atoms with Crippen LogP contribution in [-0.2, 0) is 13.0 Å². The van der Waals surface area contributed by atoms with Gasteiger partial charge in [0, 0.05) is 18.8 Å². The molecular formula is C14H18N2. The third-order valence-corrected chi connectivity index (χ3v) is 3.01. The van der Waals surface area contributed by atoms with Crippen LogP contribution in [0.2, 0.25) is 0 Å². The molecule has 2 nitrogen and oxygen atoms in total. The Hall–Kier alpha value is -1.46. The van der Waals surface area contributed by atoms with E-state index in [2.05, 4.69) is 34.8 Å². The van der Waals surface area contributed by atoms with Gasteiger partial charge in [0.15, 0.2) is 0 Å². The number of terminal acetylenes is 1. The van der Waals surface area contributed by atoms with E-state index in [1.165, 1.54) is 29.7 Å². The number of nitrogens with one attached hydrogen (secondary N) is 2. The lowest BCUT2D eigenvalue weighted by Gasteiger charge is -2.21. The number of para-hydroxylation sites is 1. The first-order chi connectivity index (χ1) is 7.81. The predicted molar refractivity (Wildman–Crippen MR) is 68.4 cm³/mol. The monoisotopic (exact) mass is 214 g/mol. The number of hydrogen-bond acceptors (Lipinski definition) is 2. The number of fused-ring (bicyclic) bond motifs is 1. The number of hydrogen-bond donors (Lipinski definition) is 2. The molecule has 1 heterocycles. The fraction of sp³-hybridized carbons (Fsp3) is 0.429. The molecule has 0 bridgehead atoms.